The smallest absolute Gasteiger partial charge is 0.329 e. The molecule has 0 amide bonds. The normalized spacial score (nSPS) is 12.2. The Morgan fingerprint density at radius 1 is 0.897 bits per heavy atom. The van der Waals surface area contributed by atoms with Crippen LogP contribution < -0.4 is 0 Å². The van der Waals surface area contributed by atoms with Crippen LogP contribution in [0.25, 0.3) is 11.4 Å². The number of nitrogens with zero attached hydrogens (tertiary/aromatic N) is 2. The molecule has 0 saturated carbocycles. The van der Waals surface area contributed by atoms with Gasteiger partial charge in [-0.15, -0.1) is 0 Å². The number of hydrogen-bond donors (Lipinski definition) is 0. The van der Waals surface area contributed by atoms with E-state index >= 15 is 0 Å². The van der Waals surface area contributed by atoms with Crippen molar-refractivity contribution < 1.29 is 35.7 Å². The molecule has 0 aliphatic heterocycles. The molecule has 29 heavy (non-hydrogen) atoms. The van der Waals surface area contributed by atoms with Crippen LogP contribution in [-0.4, -0.2) is 15.9 Å². The number of aryl methyl sites for hydroxylation is 1. The largest absolute Gasteiger partial charge is 0.471 e. The van der Waals surface area contributed by atoms with Crippen LogP contribution in [0.3, 0.4) is 0 Å². The van der Waals surface area contributed by atoms with Gasteiger partial charge < -0.3 is 4.52 Å². The summed E-state index contributed by atoms with van der Waals surface area (Å²) in [7, 11) is 0. The highest BCUT2D eigenvalue weighted by Crippen LogP contribution is 2.33. The number of benzene rings is 2. The highest BCUT2D eigenvalue weighted by molar-refractivity contribution is 5.97. The number of carbonyl (C=O) groups is 1. The summed E-state index contributed by atoms with van der Waals surface area (Å²) in [6.45, 7) is 0. The lowest BCUT2D eigenvalue weighted by Gasteiger charge is -2.11. The van der Waals surface area contributed by atoms with Gasteiger partial charge in [-0.05, 0) is 18.1 Å². The second-order valence-electron chi connectivity index (χ2n) is 6.08. The first-order valence-corrected chi connectivity index (χ1v) is 8.25. The molecule has 152 valence electrons. The van der Waals surface area contributed by atoms with Crippen LogP contribution in [0.15, 0.2) is 53.1 Å². The maximum absolute atomic E-state index is 13.0. The second-order valence-corrected chi connectivity index (χ2v) is 6.08. The number of halogens is 6. The van der Waals surface area contributed by atoms with Crippen LogP contribution in [0.4, 0.5) is 26.3 Å². The van der Waals surface area contributed by atoms with Gasteiger partial charge in [0.2, 0.25) is 5.82 Å². The average Bonchev–Trinajstić information content (AvgIpc) is 3.16. The minimum Gasteiger partial charge on any atom is -0.329 e. The molecule has 0 aliphatic rings. The van der Waals surface area contributed by atoms with Crippen LogP contribution in [-0.2, 0) is 18.8 Å². The maximum Gasteiger partial charge on any atom is 0.471 e. The Bertz CT molecular complexity index is 1010. The standard InChI is InChI=1S/C19H12F6N2O2/c20-18(21,22)14-4-2-1-3-13(14)15(28)10-7-11-5-8-12(9-6-11)16-26-17(29-27-16)19(23,24)25/h1-6,8-9H,7,10H2. The number of ketones is 1. The predicted molar refractivity (Wildman–Crippen MR) is 88.8 cm³/mol. The first-order valence-electron chi connectivity index (χ1n) is 8.25. The number of carbonyl (C=O) groups excluding carboxylic acids is 1. The molecule has 1 heterocycles. The molecule has 1 aromatic heterocycles. The van der Waals surface area contributed by atoms with Gasteiger partial charge >= 0.3 is 18.2 Å². The Morgan fingerprint density at radius 2 is 1.55 bits per heavy atom. The van der Waals surface area contributed by atoms with Gasteiger partial charge in [0, 0.05) is 17.5 Å². The minimum atomic E-state index is -4.75. The molecule has 3 aromatic rings. The van der Waals surface area contributed by atoms with Crippen molar-refractivity contribution in [2.24, 2.45) is 0 Å². The van der Waals surface area contributed by atoms with Crippen LogP contribution >= 0.6 is 0 Å². The molecule has 0 saturated heterocycles. The fourth-order valence-corrected chi connectivity index (χ4v) is 2.64. The molecule has 4 nitrogen and oxygen atoms in total. The van der Waals surface area contributed by atoms with Crippen molar-refractivity contribution in [3.63, 3.8) is 0 Å². The molecule has 0 bridgehead atoms. The SMILES string of the molecule is O=C(CCc1ccc(-c2noc(C(F)(F)F)n2)cc1)c1ccccc1C(F)(F)F. The van der Waals surface area contributed by atoms with E-state index < -0.39 is 35.2 Å². The Hall–Kier alpha value is -3.17. The van der Waals surface area contributed by atoms with Crippen molar-refractivity contribution in [2.75, 3.05) is 0 Å². The number of aromatic nitrogens is 2. The van der Waals surface area contributed by atoms with E-state index in [9.17, 15) is 31.1 Å². The Morgan fingerprint density at radius 3 is 2.14 bits per heavy atom. The monoisotopic (exact) mass is 414 g/mol. The zero-order valence-corrected chi connectivity index (χ0v) is 14.5. The van der Waals surface area contributed by atoms with E-state index in [0.717, 1.165) is 12.1 Å². The Kier molecular flexibility index (Phi) is 5.45. The summed E-state index contributed by atoms with van der Waals surface area (Å²) in [5, 5.41) is 3.26. The summed E-state index contributed by atoms with van der Waals surface area (Å²) >= 11 is 0. The van der Waals surface area contributed by atoms with Crippen molar-refractivity contribution in [1.82, 2.24) is 10.1 Å². The van der Waals surface area contributed by atoms with Crippen LogP contribution in [0.2, 0.25) is 0 Å². The van der Waals surface area contributed by atoms with Gasteiger partial charge in [0.1, 0.15) is 0 Å². The summed E-state index contributed by atoms with van der Waals surface area (Å²) in [6.07, 6.45) is -9.38. The highest BCUT2D eigenvalue weighted by Gasteiger charge is 2.38. The van der Waals surface area contributed by atoms with E-state index in [2.05, 4.69) is 14.7 Å². The molecule has 0 spiro atoms. The van der Waals surface area contributed by atoms with Gasteiger partial charge in [-0.25, -0.2) is 0 Å². The van der Waals surface area contributed by atoms with Gasteiger partial charge in [-0.2, -0.15) is 31.3 Å². The zero-order valence-electron chi connectivity index (χ0n) is 14.5. The lowest BCUT2D eigenvalue weighted by atomic mass is 9.98. The van der Waals surface area contributed by atoms with E-state index in [4.69, 9.17) is 0 Å². The van der Waals surface area contributed by atoms with Crippen molar-refractivity contribution in [2.45, 2.75) is 25.2 Å². The third kappa shape index (κ3) is 4.82. The maximum atomic E-state index is 13.0. The topological polar surface area (TPSA) is 56.0 Å². The molecule has 0 radical (unpaired) electrons. The van der Waals surface area contributed by atoms with Crippen LogP contribution in [0.5, 0.6) is 0 Å². The van der Waals surface area contributed by atoms with Gasteiger partial charge in [0.25, 0.3) is 0 Å². The zero-order chi connectivity index (χ0) is 21.2. The summed E-state index contributed by atoms with van der Waals surface area (Å²) in [5.41, 5.74) is -0.506. The molecular formula is C19H12F6N2O2. The van der Waals surface area contributed by atoms with E-state index in [0.29, 0.717) is 5.56 Å². The minimum absolute atomic E-state index is 0.158. The van der Waals surface area contributed by atoms with E-state index in [1.807, 2.05) is 0 Å². The average molecular weight is 414 g/mol. The third-order valence-electron chi connectivity index (χ3n) is 4.05. The van der Waals surface area contributed by atoms with Gasteiger partial charge in [0.05, 0.1) is 5.56 Å². The molecule has 0 unspecified atom stereocenters. The molecule has 0 N–H and O–H groups in total. The van der Waals surface area contributed by atoms with Crippen molar-refractivity contribution in [3.05, 3.63) is 71.1 Å². The fourth-order valence-electron chi connectivity index (χ4n) is 2.64. The fraction of sp³-hybridized carbons (Fsp3) is 0.211. The van der Waals surface area contributed by atoms with E-state index in [1.165, 1.54) is 36.4 Å². The van der Waals surface area contributed by atoms with E-state index in [1.54, 1.807) is 0 Å². The molecule has 3 rings (SSSR count). The van der Waals surface area contributed by atoms with E-state index in [-0.39, 0.29) is 24.2 Å². The molecular weight excluding hydrogens is 402 g/mol. The number of Topliss-reactive ketones (excluding diaryl/α,β-unsaturated/α-hetero) is 1. The lowest BCUT2D eigenvalue weighted by molar-refractivity contribution is -0.159. The number of alkyl halides is 6. The van der Waals surface area contributed by atoms with Gasteiger partial charge in [-0.3, -0.25) is 4.79 Å². The number of rotatable bonds is 5. The summed E-state index contributed by atoms with van der Waals surface area (Å²) in [4.78, 5) is 15.5. The predicted octanol–water partition coefficient (Wildman–Crippen LogP) is 5.59. The lowest BCUT2D eigenvalue weighted by Crippen LogP contribution is -2.13. The second kappa shape index (κ2) is 7.69. The van der Waals surface area contributed by atoms with Gasteiger partial charge in [-0.1, -0.05) is 47.6 Å². The molecule has 0 aliphatic carbocycles. The number of hydrogen-bond acceptors (Lipinski definition) is 4. The quantitative estimate of drug-likeness (QED) is 0.404. The summed E-state index contributed by atoms with van der Waals surface area (Å²) in [5.74, 6) is -2.38. The Labute approximate surface area is 160 Å². The summed E-state index contributed by atoms with van der Waals surface area (Å²) in [6, 6.07) is 10.5. The molecule has 10 heteroatoms. The van der Waals surface area contributed by atoms with Crippen LogP contribution in [0, 0.1) is 0 Å². The van der Waals surface area contributed by atoms with Crippen molar-refractivity contribution in [3.8, 4) is 11.4 Å². The van der Waals surface area contributed by atoms with Crippen molar-refractivity contribution in [1.29, 1.82) is 0 Å². The first-order chi connectivity index (χ1) is 13.6. The molecule has 0 fully saturated rings. The molecule has 0 atom stereocenters. The van der Waals surface area contributed by atoms with Crippen LogP contribution in [0.1, 0.15) is 33.8 Å². The third-order valence-corrected chi connectivity index (χ3v) is 4.05. The van der Waals surface area contributed by atoms with Crippen molar-refractivity contribution >= 4 is 5.78 Å². The van der Waals surface area contributed by atoms with Gasteiger partial charge in [0.15, 0.2) is 5.78 Å². The molecule has 2 aromatic carbocycles. The highest BCUT2D eigenvalue weighted by atomic mass is 19.4. The first kappa shape index (κ1) is 20.6. The Balaban J connectivity index is 1.68. The summed E-state index contributed by atoms with van der Waals surface area (Å²) < 4.78 is 80.7.